The van der Waals surface area contributed by atoms with Crippen molar-refractivity contribution in [1.29, 1.82) is 0 Å². The molecule has 0 atom stereocenters. The molecule has 46 valence electrons. The van der Waals surface area contributed by atoms with E-state index in [0.717, 1.165) is 0 Å². The first-order valence-corrected chi connectivity index (χ1v) is 1.97. The third-order valence-corrected chi connectivity index (χ3v) is 0.681. The number of rotatable bonds is 1. The molecule has 0 saturated carbocycles. The number of imidazole rings is 1. The Morgan fingerprint density at radius 2 is 2.50 bits per heavy atom. The number of aromatic amines is 1. The minimum atomic E-state index is -0.507. The van der Waals surface area contributed by atoms with E-state index in [2.05, 4.69) is 9.97 Å². The third-order valence-electron chi connectivity index (χ3n) is 0.681. The molecule has 1 aromatic rings. The molecule has 4 heteroatoms. The standard InChI is InChI=1S/C4H5FN2.ClH/c5-3-4-6-1-2-7-4;/h1-2H,3H2,(H,6,7);1H. The summed E-state index contributed by atoms with van der Waals surface area (Å²) in [5.74, 6) is 0.389. The van der Waals surface area contributed by atoms with Crippen LogP contribution in [0.2, 0.25) is 0 Å². The first-order chi connectivity index (χ1) is 3.43. The fourth-order valence-electron chi connectivity index (χ4n) is 0.371. The average Bonchev–Trinajstić information content (AvgIpc) is 2.14. The highest BCUT2D eigenvalue weighted by atomic mass is 35.5. The number of halogens is 2. The molecule has 0 aliphatic carbocycles. The Bertz CT molecular complexity index is 129. The van der Waals surface area contributed by atoms with Gasteiger partial charge in [-0.2, -0.15) is 0 Å². The summed E-state index contributed by atoms with van der Waals surface area (Å²) < 4.78 is 11.5. The number of aromatic nitrogens is 2. The lowest BCUT2D eigenvalue weighted by Gasteiger charge is -1.76. The summed E-state index contributed by atoms with van der Waals surface area (Å²) in [4.78, 5) is 6.20. The molecule has 0 aromatic carbocycles. The molecule has 0 aliphatic heterocycles. The number of hydrogen-bond donors (Lipinski definition) is 1. The van der Waals surface area contributed by atoms with Crippen molar-refractivity contribution < 1.29 is 4.39 Å². The summed E-state index contributed by atoms with van der Waals surface area (Å²) in [6.45, 7) is -0.507. The van der Waals surface area contributed by atoms with Crippen molar-refractivity contribution in [3.8, 4) is 0 Å². The molecule has 8 heavy (non-hydrogen) atoms. The minimum Gasteiger partial charge on any atom is -0.346 e. The molecule has 0 radical (unpaired) electrons. The largest absolute Gasteiger partial charge is 0.346 e. The predicted octanol–water partition coefficient (Wildman–Crippen LogP) is 1.30. The van der Waals surface area contributed by atoms with Crippen LogP contribution in [0.4, 0.5) is 4.39 Å². The Labute approximate surface area is 52.5 Å². The van der Waals surface area contributed by atoms with Gasteiger partial charge in [-0.15, -0.1) is 12.4 Å². The molecule has 2 nitrogen and oxygen atoms in total. The van der Waals surface area contributed by atoms with Gasteiger partial charge in [0.1, 0.15) is 12.5 Å². The zero-order valence-corrected chi connectivity index (χ0v) is 4.91. The fraction of sp³-hybridized carbons (Fsp3) is 0.250. The van der Waals surface area contributed by atoms with Gasteiger partial charge in [-0.05, 0) is 0 Å². The van der Waals surface area contributed by atoms with Gasteiger partial charge in [0, 0.05) is 12.4 Å². The number of hydrogen-bond acceptors (Lipinski definition) is 1. The normalized spacial score (nSPS) is 8.12. The van der Waals surface area contributed by atoms with Crippen molar-refractivity contribution >= 4 is 12.4 Å². The second-order valence-corrected chi connectivity index (χ2v) is 1.17. The molecule has 0 aliphatic rings. The molecule has 0 unspecified atom stereocenters. The molecule has 0 amide bonds. The number of H-pyrrole nitrogens is 1. The van der Waals surface area contributed by atoms with Crippen molar-refractivity contribution in [3.63, 3.8) is 0 Å². The van der Waals surface area contributed by atoms with E-state index in [4.69, 9.17) is 0 Å². The molecule has 0 spiro atoms. The summed E-state index contributed by atoms with van der Waals surface area (Å²) in [6, 6.07) is 0. The Hall–Kier alpha value is -0.570. The zero-order chi connectivity index (χ0) is 5.11. The molecule has 1 N–H and O–H groups in total. The molecule has 0 fully saturated rings. The van der Waals surface area contributed by atoms with Crippen LogP contribution in [-0.4, -0.2) is 9.97 Å². The van der Waals surface area contributed by atoms with Gasteiger partial charge in [0.2, 0.25) is 0 Å². The molecule has 0 bridgehead atoms. The summed E-state index contributed by atoms with van der Waals surface area (Å²) >= 11 is 0. The first-order valence-electron chi connectivity index (χ1n) is 1.97. The fourth-order valence-corrected chi connectivity index (χ4v) is 0.371. The maximum atomic E-state index is 11.5. The van der Waals surface area contributed by atoms with Gasteiger partial charge < -0.3 is 4.98 Å². The van der Waals surface area contributed by atoms with Gasteiger partial charge >= 0.3 is 0 Å². The Balaban J connectivity index is 0.000000490. The molecular weight excluding hydrogens is 131 g/mol. The van der Waals surface area contributed by atoms with Gasteiger partial charge in [-0.25, -0.2) is 9.37 Å². The molecule has 0 saturated heterocycles. The van der Waals surface area contributed by atoms with Crippen molar-refractivity contribution in [2.45, 2.75) is 6.67 Å². The SMILES string of the molecule is Cl.FCc1ncc[nH]1. The van der Waals surface area contributed by atoms with E-state index < -0.39 is 6.67 Å². The van der Waals surface area contributed by atoms with Crippen LogP contribution in [0.5, 0.6) is 0 Å². The third kappa shape index (κ3) is 1.50. The molecular formula is C4H6ClFN2. The molecule has 1 heterocycles. The van der Waals surface area contributed by atoms with Gasteiger partial charge in [-0.3, -0.25) is 0 Å². The Kier molecular flexibility index (Phi) is 3.19. The summed E-state index contributed by atoms with van der Waals surface area (Å²) in [7, 11) is 0. The van der Waals surface area contributed by atoms with Crippen LogP contribution in [-0.2, 0) is 6.67 Å². The van der Waals surface area contributed by atoms with Gasteiger partial charge in [0.15, 0.2) is 0 Å². The summed E-state index contributed by atoms with van der Waals surface area (Å²) in [5.41, 5.74) is 0. The van der Waals surface area contributed by atoms with E-state index in [1.54, 1.807) is 6.20 Å². The van der Waals surface area contributed by atoms with Gasteiger partial charge in [0.25, 0.3) is 0 Å². The number of alkyl halides is 1. The zero-order valence-electron chi connectivity index (χ0n) is 4.10. The number of nitrogens with zero attached hydrogens (tertiary/aromatic N) is 1. The minimum absolute atomic E-state index is 0. The van der Waals surface area contributed by atoms with Crippen LogP contribution < -0.4 is 0 Å². The topological polar surface area (TPSA) is 28.7 Å². The van der Waals surface area contributed by atoms with Gasteiger partial charge in [0.05, 0.1) is 0 Å². The predicted molar refractivity (Wildman–Crippen MR) is 30.6 cm³/mol. The highest BCUT2D eigenvalue weighted by Crippen LogP contribution is 1.87. The van der Waals surface area contributed by atoms with Crippen LogP contribution in [0.25, 0.3) is 0 Å². The first kappa shape index (κ1) is 7.43. The van der Waals surface area contributed by atoms with E-state index in [0.29, 0.717) is 5.82 Å². The van der Waals surface area contributed by atoms with Crippen LogP contribution >= 0.6 is 12.4 Å². The summed E-state index contributed by atoms with van der Waals surface area (Å²) in [5, 5.41) is 0. The quantitative estimate of drug-likeness (QED) is 0.620. The van der Waals surface area contributed by atoms with E-state index in [1.165, 1.54) is 6.20 Å². The lowest BCUT2D eigenvalue weighted by atomic mass is 10.7. The van der Waals surface area contributed by atoms with E-state index in [-0.39, 0.29) is 12.4 Å². The monoisotopic (exact) mass is 136 g/mol. The van der Waals surface area contributed by atoms with Crippen molar-refractivity contribution in [3.05, 3.63) is 18.2 Å². The van der Waals surface area contributed by atoms with Crippen LogP contribution in [0.1, 0.15) is 5.82 Å². The highest BCUT2D eigenvalue weighted by Gasteiger charge is 1.86. The lowest BCUT2D eigenvalue weighted by Crippen LogP contribution is -1.77. The highest BCUT2D eigenvalue weighted by molar-refractivity contribution is 5.85. The van der Waals surface area contributed by atoms with Crippen LogP contribution in [0, 0.1) is 0 Å². The average molecular weight is 137 g/mol. The molecule has 1 rings (SSSR count). The Morgan fingerprint density at radius 3 is 2.75 bits per heavy atom. The second-order valence-electron chi connectivity index (χ2n) is 1.17. The van der Waals surface area contributed by atoms with Crippen molar-refractivity contribution in [1.82, 2.24) is 9.97 Å². The Morgan fingerprint density at radius 1 is 1.75 bits per heavy atom. The van der Waals surface area contributed by atoms with Crippen molar-refractivity contribution in [2.75, 3.05) is 0 Å². The maximum absolute atomic E-state index is 11.5. The number of nitrogens with one attached hydrogen (secondary N) is 1. The smallest absolute Gasteiger partial charge is 0.147 e. The summed E-state index contributed by atoms with van der Waals surface area (Å²) in [6.07, 6.45) is 3.11. The van der Waals surface area contributed by atoms with Crippen LogP contribution in [0.15, 0.2) is 12.4 Å². The van der Waals surface area contributed by atoms with E-state index >= 15 is 0 Å². The molecule has 1 aromatic heterocycles. The van der Waals surface area contributed by atoms with Crippen LogP contribution in [0.3, 0.4) is 0 Å². The second kappa shape index (κ2) is 3.43. The maximum Gasteiger partial charge on any atom is 0.147 e. The lowest BCUT2D eigenvalue weighted by molar-refractivity contribution is 0.468. The van der Waals surface area contributed by atoms with Crippen molar-refractivity contribution in [2.24, 2.45) is 0 Å². The van der Waals surface area contributed by atoms with E-state index in [9.17, 15) is 4.39 Å². The van der Waals surface area contributed by atoms with E-state index in [1.807, 2.05) is 0 Å². The van der Waals surface area contributed by atoms with Gasteiger partial charge in [-0.1, -0.05) is 0 Å².